The molecule has 1 N–H and O–H groups in total. The molecule has 0 aliphatic carbocycles. The summed E-state index contributed by atoms with van der Waals surface area (Å²) in [7, 11) is 0. The van der Waals surface area contributed by atoms with Crippen LogP contribution < -0.4 is 0 Å². The van der Waals surface area contributed by atoms with Crippen LogP contribution in [-0.4, -0.2) is 31.1 Å². The van der Waals surface area contributed by atoms with Crippen molar-refractivity contribution in [3.05, 3.63) is 89.7 Å². The van der Waals surface area contributed by atoms with Crippen molar-refractivity contribution in [2.75, 3.05) is 0 Å². The van der Waals surface area contributed by atoms with Crippen molar-refractivity contribution in [3.8, 4) is 28.6 Å². The van der Waals surface area contributed by atoms with Crippen molar-refractivity contribution in [1.82, 2.24) is 20.2 Å². The molecule has 0 saturated carbocycles. The minimum absolute atomic E-state index is 0.0328. The topological polar surface area (TPSA) is 102 Å². The highest BCUT2D eigenvalue weighted by Crippen LogP contribution is 2.38. The van der Waals surface area contributed by atoms with Gasteiger partial charge in [-0.05, 0) is 41.8 Å². The van der Waals surface area contributed by atoms with E-state index in [4.69, 9.17) is 4.42 Å². The first kappa shape index (κ1) is 23.3. The summed E-state index contributed by atoms with van der Waals surface area (Å²) < 4.78 is 19.0. The molecule has 5 aromatic rings. The minimum atomic E-state index is -0.328. The van der Waals surface area contributed by atoms with Gasteiger partial charge in [-0.3, -0.25) is 9.78 Å². The van der Waals surface area contributed by atoms with Crippen LogP contribution in [0.5, 0.6) is 5.75 Å². The van der Waals surface area contributed by atoms with Crippen LogP contribution in [0.15, 0.2) is 71.3 Å². The Morgan fingerprint density at radius 2 is 1.83 bits per heavy atom. The molecule has 0 unspecified atom stereocenters. The lowest BCUT2D eigenvalue weighted by molar-refractivity contribution is 0.0968. The Morgan fingerprint density at radius 1 is 1.03 bits per heavy atom. The molecule has 0 saturated heterocycles. The Hall–Kier alpha value is -4.46. The summed E-state index contributed by atoms with van der Waals surface area (Å²) in [5.41, 5.74) is 3.04. The van der Waals surface area contributed by atoms with Gasteiger partial charge in [0.05, 0.1) is 12.1 Å². The molecule has 2 aromatic carbocycles. The predicted molar refractivity (Wildman–Crippen MR) is 133 cm³/mol. The normalized spacial score (nSPS) is 11.3. The van der Waals surface area contributed by atoms with E-state index in [0.29, 0.717) is 46.5 Å². The van der Waals surface area contributed by atoms with Crippen LogP contribution in [0.2, 0.25) is 0 Å². The molecule has 0 aliphatic heterocycles. The van der Waals surface area contributed by atoms with Crippen molar-refractivity contribution < 1.29 is 18.7 Å². The molecule has 36 heavy (non-hydrogen) atoms. The van der Waals surface area contributed by atoms with Gasteiger partial charge in [0.15, 0.2) is 17.2 Å². The predicted octanol–water partition coefficient (Wildman–Crippen LogP) is 6.01. The lowest BCUT2D eigenvalue weighted by atomic mass is 9.97. The third kappa shape index (κ3) is 4.70. The Balaban J connectivity index is 1.58. The maximum absolute atomic E-state index is 13.2. The van der Waals surface area contributed by atoms with Crippen molar-refractivity contribution in [3.63, 3.8) is 0 Å². The largest absolute Gasteiger partial charge is 0.504 e. The fourth-order valence-corrected chi connectivity index (χ4v) is 4.02. The fraction of sp³-hybridized carbons (Fsp3) is 0.179. The molecule has 0 bridgehead atoms. The maximum atomic E-state index is 13.2. The van der Waals surface area contributed by atoms with Gasteiger partial charge < -0.3 is 9.52 Å². The van der Waals surface area contributed by atoms with Crippen LogP contribution in [0.3, 0.4) is 0 Å². The second kappa shape index (κ2) is 9.65. The van der Waals surface area contributed by atoms with E-state index in [2.05, 4.69) is 20.2 Å². The van der Waals surface area contributed by atoms with Crippen LogP contribution in [0, 0.1) is 11.7 Å². The highest BCUT2D eigenvalue weighted by Gasteiger charge is 2.22. The zero-order valence-electron chi connectivity index (χ0n) is 19.8. The Morgan fingerprint density at radius 3 is 2.61 bits per heavy atom. The van der Waals surface area contributed by atoms with Crippen molar-refractivity contribution in [1.29, 1.82) is 0 Å². The van der Waals surface area contributed by atoms with E-state index in [9.17, 15) is 14.3 Å². The summed E-state index contributed by atoms with van der Waals surface area (Å²) in [6.07, 6.45) is 2.32. The first-order chi connectivity index (χ1) is 17.4. The van der Waals surface area contributed by atoms with E-state index in [1.54, 1.807) is 36.5 Å². The van der Waals surface area contributed by atoms with Crippen molar-refractivity contribution in [2.24, 2.45) is 5.92 Å². The molecule has 0 radical (unpaired) electrons. The zero-order chi connectivity index (χ0) is 25.2. The van der Waals surface area contributed by atoms with E-state index >= 15 is 0 Å². The molecule has 8 heteroatoms. The molecule has 7 nitrogen and oxygen atoms in total. The molecule has 0 fully saturated rings. The van der Waals surface area contributed by atoms with Crippen LogP contribution in [0.25, 0.3) is 33.7 Å². The van der Waals surface area contributed by atoms with Crippen LogP contribution in [0.1, 0.15) is 42.1 Å². The number of fused-ring (bicyclic) bond motifs is 1. The van der Waals surface area contributed by atoms with Gasteiger partial charge in [0.25, 0.3) is 5.89 Å². The quantitative estimate of drug-likeness (QED) is 0.283. The van der Waals surface area contributed by atoms with E-state index < -0.39 is 0 Å². The number of pyridine rings is 2. The molecular weight excluding hydrogens is 459 g/mol. The second-order valence-corrected chi connectivity index (χ2v) is 8.96. The van der Waals surface area contributed by atoms with Gasteiger partial charge in [-0.25, -0.2) is 9.37 Å². The van der Waals surface area contributed by atoms with E-state index in [1.165, 1.54) is 12.1 Å². The minimum Gasteiger partial charge on any atom is -0.504 e. The number of Topliss-reactive ketones (excluding diaryl/α,β-unsaturated/α-hetero) is 1. The third-order valence-electron chi connectivity index (χ3n) is 5.72. The number of rotatable bonds is 7. The zero-order valence-corrected chi connectivity index (χ0v) is 19.8. The first-order valence-electron chi connectivity index (χ1n) is 11.6. The van der Waals surface area contributed by atoms with Crippen LogP contribution >= 0.6 is 0 Å². The number of carbonyl (C=O) groups is 1. The average Bonchev–Trinajstić information content (AvgIpc) is 3.33. The van der Waals surface area contributed by atoms with Crippen molar-refractivity contribution >= 4 is 16.7 Å². The van der Waals surface area contributed by atoms with E-state index in [1.807, 2.05) is 32.0 Å². The fourth-order valence-electron chi connectivity index (χ4n) is 4.02. The third-order valence-corrected chi connectivity index (χ3v) is 5.72. The molecule has 3 heterocycles. The summed E-state index contributed by atoms with van der Waals surface area (Å²) in [6, 6.07) is 16.8. The summed E-state index contributed by atoms with van der Waals surface area (Å²) in [4.78, 5) is 21.7. The maximum Gasteiger partial charge on any atom is 0.270 e. The molecule has 0 spiro atoms. The lowest BCUT2D eigenvalue weighted by Crippen LogP contribution is -2.03. The SMILES string of the molecule is CC(C)CC(=O)c1cccc(-c2nc(-c3nnc(Cc4ccc(F)cc4)o3)c(O)c3ncccc23)c1. The molecule has 5 rings (SSSR count). The average molecular weight is 483 g/mol. The van der Waals surface area contributed by atoms with E-state index in [-0.39, 0.29) is 34.9 Å². The number of ketones is 1. The van der Waals surface area contributed by atoms with Gasteiger partial charge in [-0.1, -0.05) is 44.2 Å². The molecule has 0 atom stereocenters. The number of aromatic hydroxyl groups is 1. The molecule has 0 amide bonds. The molecule has 0 aliphatic rings. The Bertz CT molecular complexity index is 1560. The number of hydrogen-bond acceptors (Lipinski definition) is 7. The number of benzene rings is 2. The smallest absolute Gasteiger partial charge is 0.270 e. The van der Waals surface area contributed by atoms with Gasteiger partial charge in [-0.2, -0.15) is 0 Å². The highest BCUT2D eigenvalue weighted by molar-refractivity contribution is 6.01. The molecular formula is C28H23FN4O3. The summed E-state index contributed by atoms with van der Waals surface area (Å²) in [6.45, 7) is 4.01. The second-order valence-electron chi connectivity index (χ2n) is 8.96. The Kier molecular flexibility index (Phi) is 6.25. The van der Waals surface area contributed by atoms with Gasteiger partial charge in [0, 0.05) is 29.1 Å². The summed E-state index contributed by atoms with van der Waals surface area (Å²) in [5, 5.41) is 19.8. The van der Waals surface area contributed by atoms with Gasteiger partial charge in [0.2, 0.25) is 5.89 Å². The van der Waals surface area contributed by atoms with Crippen molar-refractivity contribution in [2.45, 2.75) is 26.7 Å². The van der Waals surface area contributed by atoms with Crippen LogP contribution in [-0.2, 0) is 6.42 Å². The van der Waals surface area contributed by atoms with Gasteiger partial charge in [-0.15, -0.1) is 10.2 Å². The molecule has 180 valence electrons. The number of nitrogens with zero attached hydrogens (tertiary/aromatic N) is 4. The monoisotopic (exact) mass is 482 g/mol. The number of halogens is 1. The first-order valence-corrected chi connectivity index (χ1v) is 11.6. The lowest BCUT2D eigenvalue weighted by Gasteiger charge is -2.11. The summed E-state index contributed by atoms with van der Waals surface area (Å²) in [5.74, 6) is 0.109. The highest BCUT2D eigenvalue weighted by atomic mass is 19.1. The summed E-state index contributed by atoms with van der Waals surface area (Å²) >= 11 is 0. The van der Waals surface area contributed by atoms with Gasteiger partial charge >= 0.3 is 0 Å². The number of aromatic nitrogens is 4. The number of hydrogen-bond donors (Lipinski definition) is 1. The molecule has 3 aromatic heterocycles. The van der Waals surface area contributed by atoms with E-state index in [0.717, 1.165) is 5.56 Å². The van der Waals surface area contributed by atoms with Gasteiger partial charge in [0.1, 0.15) is 11.3 Å². The standard InChI is InChI=1S/C28H23FN4O3/c1-16(2)13-22(34)18-5-3-6-19(15-18)24-21-7-4-12-30-25(21)27(35)26(31-24)28-33-32-23(36-28)14-17-8-10-20(29)11-9-17/h3-12,15-16,35H,13-14H2,1-2H3. The van der Waals surface area contributed by atoms with Crippen LogP contribution in [0.4, 0.5) is 4.39 Å². The Labute approximate surface area is 206 Å². The number of carbonyl (C=O) groups excluding carboxylic acids is 1.